The topological polar surface area (TPSA) is 15.6 Å². The van der Waals surface area contributed by atoms with Gasteiger partial charge < -0.3 is 4.90 Å². The lowest BCUT2D eigenvalue weighted by atomic mass is 10.0. The van der Waals surface area contributed by atoms with Crippen molar-refractivity contribution in [3.8, 4) is 0 Å². The number of rotatable bonds is 1. The molecular formula is C16H12F2N2S. The smallest absolute Gasteiger partial charge is 0.168 e. The fraction of sp³-hybridized carbons (Fsp3) is 0.188. The van der Waals surface area contributed by atoms with Crippen LogP contribution < -0.4 is 0 Å². The average molecular weight is 302 g/mol. The van der Waals surface area contributed by atoms with Crippen molar-refractivity contribution in [1.82, 2.24) is 4.90 Å². The van der Waals surface area contributed by atoms with E-state index in [-0.39, 0.29) is 0 Å². The van der Waals surface area contributed by atoms with E-state index in [2.05, 4.69) is 9.89 Å². The van der Waals surface area contributed by atoms with Crippen molar-refractivity contribution in [2.75, 3.05) is 13.1 Å². The van der Waals surface area contributed by atoms with Crippen LogP contribution in [0.25, 0.3) is 16.5 Å². The lowest BCUT2D eigenvalue weighted by molar-refractivity contribution is 0.511. The summed E-state index contributed by atoms with van der Waals surface area (Å²) in [5.41, 5.74) is 2.00. The van der Waals surface area contributed by atoms with E-state index in [0.717, 1.165) is 39.8 Å². The fourth-order valence-electron chi connectivity index (χ4n) is 2.91. The predicted molar refractivity (Wildman–Crippen MR) is 83.1 cm³/mol. The van der Waals surface area contributed by atoms with Crippen LogP contribution in [0.2, 0.25) is 0 Å². The largest absolute Gasteiger partial charge is 0.318 e. The Labute approximate surface area is 125 Å². The van der Waals surface area contributed by atoms with Gasteiger partial charge in [0.05, 0.1) is 12.2 Å². The first kappa shape index (κ1) is 12.8. The van der Waals surface area contributed by atoms with Gasteiger partial charge in [0.1, 0.15) is 0 Å². The second-order valence-electron chi connectivity index (χ2n) is 5.12. The lowest BCUT2D eigenvalue weighted by Crippen LogP contribution is -2.20. The normalized spacial score (nSPS) is 17.7. The third-order valence-electron chi connectivity index (χ3n) is 3.83. The Morgan fingerprint density at radius 2 is 2.00 bits per heavy atom. The third kappa shape index (κ3) is 1.87. The van der Waals surface area contributed by atoms with Gasteiger partial charge in [0, 0.05) is 17.0 Å². The number of hydrogen-bond donors (Lipinski definition) is 0. The summed E-state index contributed by atoms with van der Waals surface area (Å²) in [5.74, 6) is -1.62. The van der Waals surface area contributed by atoms with Crippen molar-refractivity contribution < 1.29 is 8.78 Å². The predicted octanol–water partition coefficient (Wildman–Crippen LogP) is 4.22. The van der Waals surface area contributed by atoms with E-state index in [1.807, 2.05) is 19.1 Å². The van der Waals surface area contributed by atoms with Crippen LogP contribution in [0.15, 0.2) is 40.2 Å². The molecule has 106 valence electrons. The third-order valence-corrected chi connectivity index (χ3v) is 4.86. The number of amidine groups is 1. The number of halogens is 2. The SMILES string of the molecule is CC1=C(c2cccc3cc(F)c(F)cc23)N2CCN=C2S1. The standard InChI is InChI=1S/C16H12F2N2S/c1-9-15(20-6-5-19-16(20)21-9)11-4-2-3-10-7-13(17)14(18)8-12(10)11/h2-4,7-8H,5-6H2,1H3. The maximum absolute atomic E-state index is 13.6. The minimum atomic E-state index is -0.811. The molecule has 0 aliphatic carbocycles. The Morgan fingerprint density at radius 1 is 1.19 bits per heavy atom. The Balaban J connectivity index is 1.97. The highest BCUT2D eigenvalue weighted by atomic mass is 32.2. The quantitative estimate of drug-likeness (QED) is 0.783. The molecule has 2 nitrogen and oxygen atoms in total. The van der Waals surface area contributed by atoms with Crippen LogP contribution in [0.4, 0.5) is 8.78 Å². The fourth-order valence-corrected chi connectivity index (χ4v) is 3.95. The maximum Gasteiger partial charge on any atom is 0.168 e. The van der Waals surface area contributed by atoms with Crippen LogP contribution in [0.1, 0.15) is 12.5 Å². The van der Waals surface area contributed by atoms with E-state index in [9.17, 15) is 8.78 Å². The molecule has 0 saturated heterocycles. The summed E-state index contributed by atoms with van der Waals surface area (Å²) in [5, 5.41) is 2.45. The van der Waals surface area contributed by atoms with E-state index in [1.54, 1.807) is 17.8 Å². The van der Waals surface area contributed by atoms with Gasteiger partial charge in [-0.05, 0) is 29.8 Å². The molecule has 0 radical (unpaired) electrons. The van der Waals surface area contributed by atoms with Crippen LogP contribution in [-0.2, 0) is 0 Å². The summed E-state index contributed by atoms with van der Waals surface area (Å²) >= 11 is 1.64. The first-order valence-electron chi connectivity index (χ1n) is 6.74. The number of nitrogens with zero attached hydrogens (tertiary/aromatic N) is 2. The number of hydrogen-bond acceptors (Lipinski definition) is 3. The van der Waals surface area contributed by atoms with Crippen molar-refractivity contribution in [2.24, 2.45) is 4.99 Å². The zero-order valence-corrected chi connectivity index (χ0v) is 12.2. The molecule has 2 heterocycles. The maximum atomic E-state index is 13.6. The minimum Gasteiger partial charge on any atom is -0.318 e. The molecule has 21 heavy (non-hydrogen) atoms. The number of aliphatic imine (C=N–C) groups is 1. The Kier molecular flexibility index (Phi) is 2.79. The highest BCUT2D eigenvalue weighted by molar-refractivity contribution is 8.17. The average Bonchev–Trinajstić information content (AvgIpc) is 3.00. The molecule has 5 heteroatoms. The van der Waals surface area contributed by atoms with Gasteiger partial charge in [-0.3, -0.25) is 4.99 Å². The van der Waals surface area contributed by atoms with E-state index in [4.69, 9.17) is 0 Å². The molecule has 0 bridgehead atoms. The van der Waals surface area contributed by atoms with Crippen molar-refractivity contribution in [2.45, 2.75) is 6.92 Å². The lowest BCUT2D eigenvalue weighted by Gasteiger charge is -2.18. The van der Waals surface area contributed by atoms with Crippen LogP contribution in [0.5, 0.6) is 0 Å². The molecule has 0 saturated carbocycles. The zero-order chi connectivity index (χ0) is 14.6. The van der Waals surface area contributed by atoms with Crippen LogP contribution in [0.3, 0.4) is 0 Å². The molecule has 2 aromatic carbocycles. The Hall–Kier alpha value is -1.88. The molecule has 0 fully saturated rings. The molecule has 0 spiro atoms. The van der Waals surface area contributed by atoms with Crippen LogP contribution in [-0.4, -0.2) is 23.2 Å². The van der Waals surface area contributed by atoms with Crippen LogP contribution >= 0.6 is 11.8 Å². The van der Waals surface area contributed by atoms with Gasteiger partial charge in [-0.25, -0.2) is 8.78 Å². The van der Waals surface area contributed by atoms with Crippen LogP contribution in [0, 0.1) is 11.6 Å². The summed E-state index contributed by atoms with van der Waals surface area (Å²) in [4.78, 5) is 7.77. The van der Waals surface area contributed by atoms with Gasteiger partial charge in [0.2, 0.25) is 0 Å². The second kappa shape index (κ2) is 4.56. The van der Waals surface area contributed by atoms with E-state index < -0.39 is 11.6 Å². The van der Waals surface area contributed by atoms with Gasteiger partial charge in [-0.15, -0.1) is 0 Å². The van der Waals surface area contributed by atoms with Crippen molar-refractivity contribution in [1.29, 1.82) is 0 Å². The zero-order valence-electron chi connectivity index (χ0n) is 11.4. The van der Waals surface area contributed by atoms with E-state index >= 15 is 0 Å². The van der Waals surface area contributed by atoms with Gasteiger partial charge >= 0.3 is 0 Å². The van der Waals surface area contributed by atoms with E-state index in [0.29, 0.717) is 5.39 Å². The molecular weight excluding hydrogens is 290 g/mol. The minimum absolute atomic E-state index is 0.710. The first-order valence-corrected chi connectivity index (χ1v) is 7.55. The van der Waals surface area contributed by atoms with Crippen molar-refractivity contribution in [3.05, 3.63) is 52.4 Å². The molecule has 4 rings (SSSR count). The van der Waals surface area contributed by atoms with Crippen molar-refractivity contribution >= 4 is 33.4 Å². The molecule has 0 unspecified atom stereocenters. The molecule has 0 N–H and O–H groups in total. The number of fused-ring (bicyclic) bond motifs is 2. The highest BCUT2D eigenvalue weighted by Gasteiger charge is 2.31. The summed E-state index contributed by atoms with van der Waals surface area (Å²) in [6.07, 6.45) is 0. The summed E-state index contributed by atoms with van der Waals surface area (Å²) in [6.45, 7) is 3.67. The second-order valence-corrected chi connectivity index (χ2v) is 6.30. The van der Waals surface area contributed by atoms with Gasteiger partial charge in [-0.2, -0.15) is 0 Å². The molecule has 0 atom stereocenters. The number of allylic oxidation sites excluding steroid dienone is 1. The van der Waals surface area contributed by atoms with Crippen molar-refractivity contribution in [3.63, 3.8) is 0 Å². The summed E-state index contributed by atoms with van der Waals surface area (Å²) in [7, 11) is 0. The molecule has 2 aliphatic heterocycles. The van der Waals surface area contributed by atoms with E-state index in [1.165, 1.54) is 12.1 Å². The highest BCUT2D eigenvalue weighted by Crippen LogP contribution is 2.43. The summed E-state index contributed by atoms with van der Waals surface area (Å²) in [6, 6.07) is 8.19. The number of benzene rings is 2. The Bertz CT molecular complexity index is 826. The number of thioether (sulfide) groups is 1. The Morgan fingerprint density at radius 3 is 2.86 bits per heavy atom. The van der Waals surface area contributed by atoms with Gasteiger partial charge in [0.25, 0.3) is 0 Å². The molecule has 2 aromatic rings. The first-order chi connectivity index (χ1) is 10.1. The van der Waals surface area contributed by atoms with Gasteiger partial charge in [-0.1, -0.05) is 30.0 Å². The summed E-state index contributed by atoms with van der Waals surface area (Å²) < 4.78 is 27.1. The van der Waals surface area contributed by atoms with Gasteiger partial charge in [0.15, 0.2) is 16.8 Å². The molecule has 2 aliphatic rings. The monoisotopic (exact) mass is 302 g/mol. The molecule has 0 aromatic heterocycles. The molecule has 0 amide bonds.